The largest absolute Gasteiger partial charge is 0.493 e. The van der Waals surface area contributed by atoms with Crippen molar-refractivity contribution in [2.45, 2.75) is 0 Å². The van der Waals surface area contributed by atoms with Gasteiger partial charge >= 0.3 is 0 Å². The zero-order valence-corrected chi connectivity index (χ0v) is 15.3. The molecule has 0 N–H and O–H groups in total. The zero-order chi connectivity index (χ0) is 16.3. The number of methoxy groups -OCH3 is 2. The van der Waals surface area contributed by atoms with Crippen LogP contribution in [0.2, 0.25) is 0 Å². The minimum absolute atomic E-state index is 0.114. The maximum absolute atomic E-state index is 12.3. The number of hydrogen-bond donors (Lipinski definition) is 0. The number of carbonyl (C=O) groups is 1. The Morgan fingerprint density at radius 2 is 2.00 bits per heavy atom. The number of thioether (sulfide) groups is 1. The molecule has 1 saturated heterocycles. The van der Waals surface area contributed by atoms with E-state index in [4.69, 9.17) is 21.7 Å². The summed E-state index contributed by atoms with van der Waals surface area (Å²) in [5.74, 6) is 1.10. The fraction of sp³-hybridized carbons (Fsp3) is 0.200. The molecule has 0 atom stereocenters. The molecule has 0 aliphatic carbocycles. The SMILES string of the molecule is C=CCN1C(=O)C(=Cc2cc(OC)c(OC)cc2Br)SC1=S. The van der Waals surface area contributed by atoms with Crippen LogP contribution in [0.1, 0.15) is 5.56 Å². The van der Waals surface area contributed by atoms with E-state index in [1.54, 1.807) is 32.4 Å². The Kier molecular flexibility index (Phi) is 5.66. The van der Waals surface area contributed by atoms with Crippen LogP contribution in [-0.4, -0.2) is 35.9 Å². The monoisotopic (exact) mass is 399 g/mol. The maximum Gasteiger partial charge on any atom is 0.266 e. The van der Waals surface area contributed by atoms with E-state index < -0.39 is 0 Å². The van der Waals surface area contributed by atoms with Crippen LogP contribution in [0.3, 0.4) is 0 Å². The van der Waals surface area contributed by atoms with Crippen molar-refractivity contribution in [3.05, 3.63) is 39.7 Å². The van der Waals surface area contributed by atoms with Crippen molar-refractivity contribution in [1.29, 1.82) is 0 Å². The van der Waals surface area contributed by atoms with Crippen molar-refractivity contribution in [1.82, 2.24) is 4.90 Å². The van der Waals surface area contributed by atoms with Gasteiger partial charge in [0.15, 0.2) is 11.5 Å². The second-order valence-electron chi connectivity index (χ2n) is 4.31. The van der Waals surface area contributed by atoms with Crippen LogP contribution in [-0.2, 0) is 4.79 Å². The summed E-state index contributed by atoms with van der Waals surface area (Å²) in [6.45, 7) is 4.05. The summed E-state index contributed by atoms with van der Waals surface area (Å²) < 4.78 is 11.9. The molecule has 0 aromatic heterocycles. The van der Waals surface area contributed by atoms with E-state index in [1.807, 2.05) is 6.07 Å². The van der Waals surface area contributed by atoms with E-state index in [0.717, 1.165) is 10.0 Å². The Bertz CT molecular complexity index is 673. The molecule has 0 spiro atoms. The molecule has 1 aliphatic rings. The van der Waals surface area contributed by atoms with Crippen LogP contribution in [0.25, 0.3) is 6.08 Å². The van der Waals surface area contributed by atoms with Crippen molar-refractivity contribution in [2.75, 3.05) is 20.8 Å². The first-order chi connectivity index (χ1) is 10.5. The Labute approximate surface area is 147 Å². The van der Waals surface area contributed by atoms with Crippen molar-refractivity contribution in [2.24, 2.45) is 0 Å². The molecular formula is C15H14BrNO3S2. The van der Waals surface area contributed by atoms with E-state index in [9.17, 15) is 4.79 Å². The highest BCUT2D eigenvalue weighted by molar-refractivity contribution is 9.10. The average molecular weight is 400 g/mol. The lowest BCUT2D eigenvalue weighted by Crippen LogP contribution is -2.27. The van der Waals surface area contributed by atoms with E-state index in [-0.39, 0.29) is 5.91 Å². The van der Waals surface area contributed by atoms with Crippen molar-refractivity contribution >= 4 is 56.2 Å². The van der Waals surface area contributed by atoms with Crippen LogP contribution in [0, 0.1) is 0 Å². The molecular weight excluding hydrogens is 386 g/mol. The minimum Gasteiger partial charge on any atom is -0.493 e. The van der Waals surface area contributed by atoms with Gasteiger partial charge in [0.2, 0.25) is 0 Å². The molecule has 1 amide bonds. The number of hydrogen-bond acceptors (Lipinski definition) is 5. The third kappa shape index (κ3) is 3.37. The molecule has 0 radical (unpaired) electrons. The quantitative estimate of drug-likeness (QED) is 0.427. The summed E-state index contributed by atoms with van der Waals surface area (Å²) in [6, 6.07) is 3.61. The highest BCUT2D eigenvalue weighted by Gasteiger charge is 2.31. The van der Waals surface area contributed by atoms with Crippen LogP contribution in [0.4, 0.5) is 0 Å². The summed E-state index contributed by atoms with van der Waals surface area (Å²) in [4.78, 5) is 14.4. The molecule has 1 aromatic rings. The number of rotatable bonds is 5. The number of halogens is 1. The standard InChI is InChI=1S/C15H14BrNO3S2/c1-4-5-17-14(18)13(22-15(17)21)7-9-6-11(19-2)12(20-3)8-10(9)16/h4,6-8H,1,5H2,2-3H3. The molecule has 116 valence electrons. The predicted molar refractivity (Wildman–Crippen MR) is 97.3 cm³/mol. The number of amides is 1. The van der Waals surface area contributed by atoms with Gasteiger partial charge in [0, 0.05) is 11.0 Å². The second-order valence-corrected chi connectivity index (χ2v) is 6.84. The van der Waals surface area contributed by atoms with Crippen LogP contribution in [0.15, 0.2) is 34.2 Å². The van der Waals surface area contributed by atoms with Gasteiger partial charge in [-0.3, -0.25) is 9.69 Å². The molecule has 7 heteroatoms. The third-order valence-electron chi connectivity index (χ3n) is 2.97. The molecule has 2 rings (SSSR count). The van der Waals surface area contributed by atoms with Crippen molar-refractivity contribution < 1.29 is 14.3 Å². The van der Waals surface area contributed by atoms with Crippen molar-refractivity contribution in [3.63, 3.8) is 0 Å². The summed E-state index contributed by atoms with van der Waals surface area (Å²) in [6.07, 6.45) is 3.44. The molecule has 1 aromatic carbocycles. The zero-order valence-electron chi connectivity index (χ0n) is 12.1. The Hall–Kier alpha value is -1.31. The normalized spacial score (nSPS) is 16.3. The highest BCUT2D eigenvalue weighted by Crippen LogP contribution is 2.37. The fourth-order valence-electron chi connectivity index (χ4n) is 1.91. The van der Waals surface area contributed by atoms with Gasteiger partial charge in [0.1, 0.15) is 4.32 Å². The summed E-state index contributed by atoms with van der Waals surface area (Å²) in [5.41, 5.74) is 0.816. The first kappa shape index (κ1) is 17.1. The Morgan fingerprint density at radius 1 is 1.36 bits per heavy atom. The smallest absolute Gasteiger partial charge is 0.266 e. The van der Waals surface area contributed by atoms with E-state index >= 15 is 0 Å². The van der Waals surface area contributed by atoms with Gasteiger partial charge in [-0.05, 0) is 23.8 Å². The summed E-state index contributed by atoms with van der Waals surface area (Å²) in [7, 11) is 3.14. The van der Waals surface area contributed by atoms with Gasteiger partial charge in [0.25, 0.3) is 5.91 Å². The molecule has 0 unspecified atom stereocenters. The van der Waals surface area contributed by atoms with Crippen LogP contribution >= 0.6 is 39.9 Å². The number of nitrogens with zero attached hydrogens (tertiary/aromatic N) is 1. The van der Waals surface area contributed by atoms with Crippen molar-refractivity contribution in [3.8, 4) is 11.5 Å². The topological polar surface area (TPSA) is 38.8 Å². The Balaban J connectivity index is 2.39. The molecule has 0 bridgehead atoms. The second kappa shape index (κ2) is 7.30. The fourth-order valence-corrected chi connectivity index (χ4v) is 3.61. The molecule has 1 fully saturated rings. The van der Waals surface area contributed by atoms with Gasteiger partial charge in [-0.2, -0.15) is 0 Å². The Morgan fingerprint density at radius 3 is 2.59 bits per heavy atom. The third-order valence-corrected chi connectivity index (χ3v) is 5.04. The number of ether oxygens (including phenoxy) is 2. The van der Waals surface area contributed by atoms with Gasteiger partial charge in [-0.25, -0.2) is 0 Å². The lowest BCUT2D eigenvalue weighted by molar-refractivity contribution is -0.121. The number of benzene rings is 1. The molecule has 1 heterocycles. The van der Waals surface area contributed by atoms with Gasteiger partial charge in [-0.1, -0.05) is 46.0 Å². The molecule has 22 heavy (non-hydrogen) atoms. The van der Waals surface area contributed by atoms with E-state index in [0.29, 0.717) is 27.3 Å². The van der Waals surface area contributed by atoms with Crippen LogP contribution in [0.5, 0.6) is 11.5 Å². The number of carbonyl (C=O) groups excluding carboxylic acids is 1. The van der Waals surface area contributed by atoms with Crippen LogP contribution < -0.4 is 9.47 Å². The first-order valence-electron chi connectivity index (χ1n) is 6.29. The molecule has 0 saturated carbocycles. The lowest BCUT2D eigenvalue weighted by atomic mass is 10.2. The maximum atomic E-state index is 12.3. The van der Waals surface area contributed by atoms with E-state index in [1.165, 1.54) is 16.7 Å². The molecule has 4 nitrogen and oxygen atoms in total. The minimum atomic E-state index is -0.114. The van der Waals surface area contributed by atoms with Gasteiger partial charge in [0.05, 0.1) is 19.1 Å². The van der Waals surface area contributed by atoms with Gasteiger partial charge < -0.3 is 9.47 Å². The van der Waals surface area contributed by atoms with Gasteiger partial charge in [-0.15, -0.1) is 6.58 Å². The molecule has 1 aliphatic heterocycles. The van der Waals surface area contributed by atoms with E-state index in [2.05, 4.69) is 22.5 Å². The number of thiocarbonyl (C=S) groups is 1. The predicted octanol–water partition coefficient (Wildman–Crippen LogP) is 3.85. The lowest BCUT2D eigenvalue weighted by Gasteiger charge is -2.11. The summed E-state index contributed by atoms with van der Waals surface area (Å²) >= 11 is 9.97. The average Bonchev–Trinajstić information content (AvgIpc) is 2.76. The first-order valence-corrected chi connectivity index (χ1v) is 8.31. The highest BCUT2D eigenvalue weighted by atomic mass is 79.9. The summed E-state index contributed by atoms with van der Waals surface area (Å²) in [5, 5.41) is 0.